The molecule has 0 fully saturated rings. The van der Waals surface area contributed by atoms with Crippen molar-refractivity contribution >= 4 is 40.9 Å². The molecule has 0 unspecified atom stereocenters. The summed E-state index contributed by atoms with van der Waals surface area (Å²) in [7, 11) is 0. The molecule has 3 N–H and O–H groups in total. The molecule has 0 heterocycles. The van der Waals surface area contributed by atoms with Gasteiger partial charge in [-0.1, -0.05) is 64.8 Å². The Morgan fingerprint density at radius 1 is 0.950 bits per heavy atom. The molecule has 0 aromatic heterocycles. The summed E-state index contributed by atoms with van der Waals surface area (Å²) in [6.45, 7) is 0.643. The number of allylic oxidation sites excluding steroid dienone is 2. The number of aliphatic hydroxyl groups excluding tert-OH is 1. The smallest absolute Gasteiger partial charge is 0.153 e. The van der Waals surface area contributed by atoms with Gasteiger partial charge >= 0.3 is 0 Å². The number of nitrogens with one attached hydrogen (secondary N) is 1. The summed E-state index contributed by atoms with van der Waals surface area (Å²) >= 11 is 13.2. The van der Waals surface area contributed by atoms with E-state index in [9.17, 15) is 4.79 Å². The highest BCUT2D eigenvalue weighted by molar-refractivity contribution is 6.50. The summed E-state index contributed by atoms with van der Waals surface area (Å²) in [5.41, 5.74) is 3.47. The van der Waals surface area contributed by atoms with E-state index in [4.69, 9.17) is 53.1 Å². The van der Waals surface area contributed by atoms with Gasteiger partial charge in [-0.05, 0) is 41.5 Å². The van der Waals surface area contributed by atoms with Crippen molar-refractivity contribution in [3.8, 4) is 28.4 Å². The van der Waals surface area contributed by atoms with E-state index in [0.29, 0.717) is 41.4 Å². The molecule has 0 bridgehead atoms. The van der Waals surface area contributed by atoms with Gasteiger partial charge in [-0.3, -0.25) is 10.2 Å². The summed E-state index contributed by atoms with van der Waals surface area (Å²) in [4.78, 5) is 11.6. The van der Waals surface area contributed by atoms with Crippen molar-refractivity contribution in [1.82, 2.24) is 0 Å². The van der Waals surface area contributed by atoms with Gasteiger partial charge in [0.05, 0.1) is 27.9 Å². The molecule has 0 saturated carbocycles. The van der Waals surface area contributed by atoms with Crippen LogP contribution in [0.2, 0.25) is 10.0 Å². The number of hydrogen-bond acceptors (Lipinski definition) is 8. The molecule has 8 nitrogen and oxygen atoms in total. The SMILES string of the molecule is N=C1C=C(COc2cc(OCc3cccc(-c4cccc(OCCCO)c4)c3Cl)c(Cl)cc2C=O)C=C/C1=N/O. The predicted molar refractivity (Wildman–Crippen MR) is 155 cm³/mol. The first-order chi connectivity index (χ1) is 19.4. The lowest BCUT2D eigenvalue weighted by molar-refractivity contribution is 0.112. The fraction of sp³-hybridized carbons (Fsp3) is 0.167. The van der Waals surface area contributed by atoms with Crippen LogP contribution in [-0.2, 0) is 6.61 Å². The molecule has 0 amide bonds. The molecule has 0 aliphatic heterocycles. The lowest BCUT2D eigenvalue weighted by atomic mass is 10.0. The fourth-order valence-corrected chi connectivity index (χ4v) is 4.39. The third kappa shape index (κ3) is 7.09. The summed E-state index contributed by atoms with van der Waals surface area (Å²) in [6, 6.07) is 16.2. The first-order valence-corrected chi connectivity index (χ1v) is 13.0. The average molecular weight is 581 g/mol. The summed E-state index contributed by atoms with van der Waals surface area (Å²) in [5, 5.41) is 29.5. The zero-order valence-electron chi connectivity index (χ0n) is 21.3. The fourth-order valence-electron chi connectivity index (χ4n) is 3.88. The van der Waals surface area contributed by atoms with E-state index in [1.54, 1.807) is 6.08 Å². The maximum atomic E-state index is 11.6. The second-order valence-corrected chi connectivity index (χ2v) is 9.48. The Kier molecular flexibility index (Phi) is 9.96. The monoisotopic (exact) mass is 580 g/mol. The Bertz CT molecular complexity index is 1500. The Labute approximate surface area is 241 Å². The summed E-state index contributed by atoms with van der Waals surface area (Å²) in [6.07, 6.45) is 5.84. The van der Waals surface area contributed by atoms with Gasteiger partial charge in [0.25, 0.3) is 0 Å². The molecule has 0 spiro atoms. The molecule has 206 valence electrons. The van der Waals surface area contributed by atoms with Crippen LogP contribution in [0.3, 0.4) is 0 Å². The van der Waals surface area contributed by atoms with Gasteiger partial charge in [0.1, 0.15) is 36.2 Å². The number of aldehydes is 1. The van der Waals surface area contributed by atoms with Crippen LogP contribution in [0.1, 0.15) is 22.3 Å². The number of hydrogen-bond donors (Lipinski definition) is 3. The maximum Gasteiger partial charge on any atom is 0.153 e. The van der Waals surface area contributed by atoms with Crippen LogP contribution >= 0.6 is 23.2 Å². The van der Waals surface area contributed by atoms with Crippen LogP contribution in [0, 0.1) is 5.41 Å². The van der Waals surface area contributed by atoms with Gasteiger partial charge in [-0.2, -0.15) is 0 Å². The number of carbonyl (C=O) groups excluding carboxylic acids is 1. The molecule has 3 aromatic rings. The summed E-state index contributed by atoms with van der Waals surface area (Å²) < 4.78 is 17.5. The third-order valence-electron chi connectivity index (χ3n) is 5.93. The normalized spacial score (nSPS) is 13.7. The van der Waals surface area contributed by atoms with Gasteiger partial charge in [-0.15, -0.1) is 0 Å². The van der Waals surface area contributed by atoms with Gasteiger partial charge < -0.3 is 24.5 Å². The van der Waals surface area contributed by atoms with E-state index in [-0.39, 0.29) is 47.6 Å². The number of rotatable bonds is 12. The number of carbonyl (C=O) groups is 1. The first kappa shape index (κ1) is 28.9. The van der Waals surface area contributed by atoms with Crippen molar-refractivity contribution < 1.29 is 29.3 Å². The molecule has 40 heavy (non-hydrogen) atoms. The number of benzene rings is 3. The van der Waals surface area contributed by atoms with Gasteiger partial charge in [0.15, 0.2) is 6.29 Å². The van der Waals surface area contributed by atoms with Crippen molar-refractivity contribution in [3.63, 3.8) is 0 Å². The van der Waals surface area contributed by atoms with Crippen molar-refractivity contribution in [2.75, 3.05) is 19.8 Å². The van der Waals surface area contributed by atoms with Crippen LogP contribution in [0.4, 0.5) is 0 Å². The highest BCUT2D eigenvalue weighted by atomic mass is 35.5. The standard InChI is InChI=1S/C30H26Cl2N2O6/c31-25-14-22(16-36)28(39-17-19-8-9-27(34-37)26(33)12-19)15-29(25)40-18-21-5-2-7-24(30(21)32)20-4-1-6-23(13-20)38-11-3-10-35/h1-2,4-9,12-16,33,35,37H,3,10-11,17-18H2/b33-26?,34-27-. The summed E-state index contributed by atoms with van der Waals surface area (Å²) in [5.74, 6) is 1.24. The molecular formula is C30H26Cl2N2O6. The average Bonchev–Trinajstić information content (AvgIpc) is 2.96. The minimum absolute atomic E-state index is 0.0411. The Balaban J connectivity index is 1.49. The topological polar surface area (TPSA) is 121 Å². The van der Waals surface area contributed by atoms with Crippen LogP contribution in [-0.4, -0.2) is 47.8 Å². The quantitative estimate of drug-likeness (QED) is 0.0735. The van der Waals surface area contributed by atoms with Crippen molar-refractivity contribution in [3.05, 3.63) is 99.6 Å². The molecule has 0 radical (unpaired) electrons. The Hall–Kier alpha value is -4.11. The minimum Gasteiger partial charge on any atom is -0.493 e. The van der Waals surface area contributed by atoms with Gasteiger partial charge in [0.2, 0.25) is 0 Å². The van der Waals surface area contributed by atoms with Crippen LogP contribution in [0.5, 0.6) is 17.2 Å². The first-order valence-electron chi connectivity index (χ1n) is 12.3. The Morgan fingerprint density at radius 2 is 1.75 bits per heavy atom. The van der Waals surface area contributed by atoms with Gasteiger partial charge in [-0.25, -0.2) is 0 Å². The van der Waals surface area contributed by atoms with Crippen molar-refractivity contribution in [2.24, 2.45) is 5.16 Å². The van der Waals surface area contributed by atoms with E-state index < -0.39 is 0 Å². The van der Waals surface area contributed by atoms with E-state index in [0.717, 1.165) is 16.7 Å². The Morgan fingerprint density at radius 3 is 2.50 bits per heavy atom. The number of halogens is 2. The highest BCUT2D eigenvalue weighted by Crippen LogP contribution is 2.36. The van der Waals surface area contributed by atoms with E-state index in [1.807, 2.05) is 42.5 Å². The molecule has 1 aliphatic rings. The van der Waals surface area contributed by atoms with Gasteiger partial charge in [0, 0.05) is 30.2 Å². The van der Waals surface area contributed by atoms with Crippen molar-refractivity contribution in [1.29, 1.82) is 5.41 Å². The molecule has 0 atom stereocenters. The largest absolute Gasteiger partial charge is 0.493 e. The van der Waals surface area contributed by atoms with Crippen LogP contribution < -0.4 is 14.2 Å². The second kappa shape index (κ2) is 13.8. The maximum absolute atomic E-state index is 11.6. The number of ether oxygens (including phenoxy) is 3. The minimum atomic E-state index is 0.0411. The number of oxime groups is 1. The predicted octanol–water partition coefficient (Wildman–Crippen LogP) is 6.54. The zero-order chi connectivity index (χ0) is 28.5. The molecule has 3 aromatic carbocycles. The number of nitrogens with zero attached hydrogens (tertiary/aromatic N) is 1. The van der Waals surface area contributed by atoms with E-state index in [2.05, 4.69) is 5.16 Å². The van der Waals surface area contributed by atoms with Crippen LogP contribution in [0.25, 0.3) is 11.1 Å². The van der Waals surface area contributed by atoms with E-state index >= 15 is 0 Å². The van der Waals surface area contributed by atoms with E-state index in [1.165, 1.54) is 24.3 Å². The molecule has 0 saturated heterocycles. The number of aliphatic hydroxyl groups is 1. The third-order valence-corrected chi connectivity index (χ3v) is 6.67. The zero-order valence-corrected chi connectivity index (χ0v) is 22.8. The molecule has 10 heteroatoms. The van der Waals surface area contributed by atoms with Crippen molar-refractivity contribution in [2.45, 2.75) is 13.0 Å². The lowest BCUT2D eigenvalue weighted by Gasteiger charge is -2.16. The molecule has 1 aliphatic carbocycles. The van der Waals surface area contributed by atoms with Crippen LogP contribution in [0.15, 0.2) is 83.6 Å². The molecule has 4 rings (SSSR count). The highest BCUT2D eigenvalue weighted by Gasteiger charge is 2.15. The second-order valence-electron chi connectivity index (χ2n) is 8.70. The lowest BCUT2D eigenvalue weighted by Crippen LogP contribution is -2.14. The molecular weight excluding hydrogens is 555 g/mol.